The van der Waals surface area contributed by atoms with Gasteiger partial charge in [-0.2, -0.15) is 5.10 Å². The van der Waals surface area contributed by atoms with E-state index in [-0.39, 0.29) is 5.91 Å². The first-order chi connectivity index (χ1) is 16.7. The molecule has 186 valence electrons. The average molecular weight is 493 g/mol. The van der Waals surface area contributed by atoms with Gasteiger partial charge in [-0.3, -0.25) is 4.79 Å². The van der Waals surface area contributed by atoms with E-state index < -0.39 is 0 Å². The fourth-order valence-corrected chi connectivity index (χ4v) is 4.71. The monoisotopic (exact) mass is 492 g/mol. The van der Waals surface area contributed by atoms with E-state index in [1.54, 1.807) is 0 Å². The number of amides is 1. The van der Waals surface area contributed by atoms with E-state index in [4.69, 9.17) is 16.7 Å². The van der Waals surface area contributed by atoms with Crippen LogP contribution in [0.4, 0.5) is 0 Å². The number of hydrogen-bond donors (Lipinski definition) is 2. The Morgan fingerprint density at radius 1 is 1.11 bits per heavy atom. The molecule has 2 aromatic carbocycles. The van der Waals surface area contributed by atoms with Crippen molar-refractivity contribution in [3.05, 3.63) is 82.5 Å². The lowest BCUT2D eigenvalue weighted by Gasteiger charge is -2.22. The summed E-state index contributed by atoms with van der Waals surface area (Å²) in [5.41, 5.74) is 6.33. The van der Waals surface area contributed by atoms with E-state index in [2.05, 4.69) is 63.1 Å². The zero-order valence-electron chi connectivity index (χ0n) is 21.5. The van der Waals surface area contributed by atoms with E-state index >= 15 is 0 Å². The maximum atomic E-state index is 13.2. The molecule has 1 heterocycles. The molecule has 0 saturated carbocycles. The Balaban J connectivity index is 1.84. The van der Waals surface area contributed by atoms with Crippen LogP contribution in [0.15, 0.2) is 55.1 Å². The second kappa shape index (κ2) is 12.2. The van der Waals surface area contributed by atoms with E-state index in [9.17, 15) is 4.79 Å². The van der Waals surface area contributed by atoms with Crippen molar-refractivity contribution in [2.45, 2.75) is 53.5 Å². The second-order valence-electron chi connectivity index (χ2n) is 9.28. The highest BCUT2D eigenvalue weighted by atomic mass is 35.5. The molecule has 35 heavy (non-hydrogen) atoms. The number of nitrogens with zero attached hydrogens (tertiary/aromatic N) is 2. The summed E-state index contributed by atoms with van der Waals surface area (Å²) in [5.74, 6) is 0.370. The number of aromatic nitrogens is 2. The minimum absolute atomic E-state index is 0.173. The van der Waals surface area contributed by atoms with Crippen molar-refractivity contribution in [1.82, 2.24) is 20.4 Å². The molecular formula is C29H37ClN4O. The van der Waals surface area contributed by atoms with Gasteiger partial charge < -0.3 is 10.6 Å². The number of carbonyl (C=O) groups is 1. The third kappa shape index (κ3) is 6.62. The highest BCUT2D eigenvalue weighted by Crippen LogP contribution is 2.30. The summed E-state index contributed by atoms with van der Waals surface area (Å²) in [7, 11) is 0. The summed E-state index contributed by atoms with van der Waals surface area (Å²) in [5, 5.41) is 12.0. The fraction of sp³-hybridized carbons (Fsp3) is 0.379. The average Bonchev–Trinajstić information content (AvgIpc) is 3.17. The van der Waals surface area contributed by atoms with Crippen LogP contribution in [0.1, 0.15) is 53.9 Å². The Labute approximate surface area is 214 Å². The largest absolute Gasteiger partial charge is 0.349 e. The van der Waals surface area contributed by atoms with Crippen LogP contribution < -0.4 is 10.6 Å². The highest BCUT2D eigenvalue weighted by Gasteiger charge is 2.22. The van der Waals surface area contributed by atoms with Crippen LogP contribution in [0, 0.1) is 26.7 Å². The van der Waals surface area contributed by atoms with Crippen molar-refractivity contribution < 1.29 is 4.79 Å². The van der Waals surface area contributed by atoms with Crippen molar-refractivity contribution in [1.29, 1.82) is 0 Å². The van der Waals surface area contributed by atoms with Gasteiger partial charge in [0.15, 0.2) is 5.69 Å². The van der Waals surface area contributed by atoms with E-state index in [1.165, 1.54) is 0 Å². The van der Waals surface area contributed by atoms with Crippen LogP contribution in [-0.4, -0.2) is 34.8 Å². The molecule has 0 aliphatic rings. The van der Waals surface area contributed by atoms with Crippen LogP contribution in [0.2, 0.25) is 5.02 Å². The van der Waals surface area contributed by atoms with Crippen LogP contribution >= 0.6 is 11.6 Å². The van der Waals surface area contributed by atoms with Crippen molar-refractivity contribution >= 4 is 17.5 Å². The molecule has 6 heteroatoms. The molecule has 5 nitrogen and oxygen atoms in total. The smallest absolute Gasteiger partial charge is 0.272 e. The summed E-state index contributed by atoms with van der Waals surface area (Å²) in [4.78, 5) is 13.2. The first-order valence-corrected chi connectivity index (χ1v) is 12.7. The molecule has 3 rings (SSSR count). The minimum atomic E-state index is -0.173. The number of rotatable bonds is 11. The normalized spacial score (nSPS) is 12.9. The number of carbonyl (C=O) groups excluding carboxylic acids is 1. The van der Waals surface area contributed by atoms with Crippen LogP contribution in [0.3, 0.4) is 0 Å². The standard InChI is InChI=1S/C29H37ClN4O/c1-7-9-23(8-2)22(6)31-14-15-32-29(35)27-21(5)28(24-10-12-25(30)13-11-24)34(33-27)26-17-19(3)16-20(4)18-26/h7,10-13,16-18,22-23,31H,1,8-9,14-15H2,2-6H3,(H,32,35). The Hall–Kier alpha value is -2.89. The molecule has 0 aliphatic carbocycles. The summed E-state index contributed by atoms with van der Waals surface area (Å²) >= 11 is 6.13. The predicted molar refractivity (Wildman–Crippen MR) is 147 cm³/mol. The molecule has 3 aromatic rings. The van der Waals surface area contributed by atoms with Gasteiger partial charge >= 0.3 is 0 Å². The lowest BCUT2D eigenvalue weighted by Crippen LogP contribution is -2.39. The van der Waals surface area contributed by atoms with Crippen molar-refractivity contribution in [2.75, 3.05) is 13.1 Å². The molecule has 2 N–H and O–H groups in total. The van der Waals surface area contributed by atoms with Crippen molar-refractivity contribution in [2.24, 2.45) is 5.92 Å². The van der Waals surface area contributed by atoms with E-state index in [0.717, 1.165) is 46.5 Å². The maximum absolute atomic E-state index is 13.2. The van der Waals surface area contributed by atoms with Crippen molar-refractivity contribution in [3.8, 4) is 16.9 Å². The minimum Gasteiger partial charge on any atom is -0.349 e. The molecule has 0 saturated heterocycles. The lowest BCUT2D eigenvalue weighted by atomic mass is 9.95. The van der Waals surface area contributed by atoms with Gasteiger partial charge in [0.2, 0.25) is 0 Å². The Morgan fingerprint density at radius 2 is 1.77 bits per heavy atom. The molecule has 2 unspecified atom stereocenters. The molecule has 0 fully saturated rings. The third-order valence-electron chi connectivity index (χ3n) is 6.48. The number of allylic oxidation sites excluding steroid dienone is 1. The molecule has 0 spiro atoms. The quantitative estimate of drug-likeness (QED) is 0.239. The van der Waals surface area contributed by atoms with Gasteiger partial charge in [0.1, 0.15) is 0 Å². The Kier molecular flexibility index (Phi) is 9.30. The van der Waals surface area contributed by atoms with Gasteiger partial charge in [-0.1, -0.05) is 49.2 Å². The first-order valence-electron chi connectivity index (χ1n) is 12.3. The number of hydrogen-bond acceptors (Lipinski definition) is 3. The summed E-state index contributed by atoms with van der Waals surface area (Å²) in [6.07, 6.45) is 4.05. The van der Waals surface area contributed by atoms with Crippen LogP contribution in [0.5, 0.6) is 0 Å². The topological polar surface area (TPSA) is 58.9 Å². The zero-order chi connectivity index (χ0) is 25.5. The highest BCUT2D eigenvalue weighted by molar-refractivity contribution is 6.30. The van der Waals surface area contributed by atoms with Gasteiger partial charge in [0.25, 0.3) is 5.91 Å². The number of nitrogens with one attached hydrogen (secondary N) is 2. The third-order valence-corrected chi connectivity index (χ3v) is 6.74. The summed E-state index contributed by atoms with van der Waals surface area (Å²) in [6.45, 7) is 15.5. The van der Waals surface area contributed by atoms with Crippen molar-refractivity contribution in [3.63, 3.8) is 0 Å². The lowest BCUT2D eigenvalue weighted by molar-refractivity contribution is 0.0947. The van der Waals surface area contributed by atoms with E-state index in [1.807, 2.05) is 41.9 Å². The zero-order valence-corrected chi connectivity index (χ0v) is 22.2. The first kappa shape index (κ1) is 26.7. The molecule has 1 amide bonds. The van der Waals surface area contributed by atoms with Crippen LogP contribution in [-0.2, 0) is 0 Å². The SMILES string of the molecule is C=CCC(CC)C(C)NCCNC(=O)c1nn(-c2cc(C)cc(C)c2)c(-c2ccc(Cl)cc2)c1C. The Bertz CT molecular complexity index is 1150. The Morgan fingerprint density at radius 3 is 2.37 bits per heavy atom. The van der Waals surface area contributed by atoms with Gasteiger partial charge in [0.05, 0.1) is 11.4 Å². The maximum Gasteiger partial charge on any atom is 0.272 e. The number of benzene rings is 2. The van der Waals surface area contributed by atoms with Crippen LogP contribution in [0.25, 0.3) is 16.9 Å². The molecule has 2 atom stereocenters. The number of halogens is 1. The summed E-state index contributed by atoms with van der Waals surface area (Å²) in [6, 6.07) is 14.3. The second-order valence-corrected chi connectivity index (χ2v) is 9.71. The molecular weight excluding hydrogens is 456 g/mol. The van der Waals surface area contributed by atoms with Gasteiger partial charge in [0, 0.05) is 35.3 Å². The number of aryl methyl sites for hydroxylation is 2. The molecule has 1 aromatic heterocycles. The van der Waals surface area contributed by atoms with Gasteiger partial charge in [-0.25, -0.2) is 4.68 Å². The van der Waals surface area contributed by atoms with Gasteiger partial charge in [-0.15, -0.1) is 6.58 Å². The molecule has 0 bridgehead atoms. The van der Waals surface area contributed by atoms with E-state index in [0.29, 0.717) is 35.8 Å². The fourth-order valence-electron chi connectivity index (χ4n) is 4.58. The van der Waals surface area contributed by atoms with Gasteiger partial charge in [-0.05, 0) is 75.4 Å². The predicted octanol–water partition coefficient (Wildman–Crippen LogP) is 6.43. The molecule has 0 aliphatic heterocycles. The summed E-state index contributed by atoms with van der Waals surface area (Å²) < 4.78 is 1.87. The molecule has 0 radical (unpaired) electrons.